The second-order valence-electron chi connectivity index (χ2n) is 10.1. The molecule has 0 saturated carbocycles. The van der Waals surface area contributed by atoms with Gasteiger partial charge in [0.1, 0.15) is 28.3 Å². The first-order valence-corrected chi connectivity index (χ1v) is 12.9. The first kappa shape index (κ1) is 22.4. The zero-order valence-electron chi connectivity index (χ0n) is 22.9. The number of halogens is 2. The Balaban J connectivity index is 1.42. The Labute approximate surface area is 226 Å². The summed E-state index contributed by atoms with van der Waals surface area (Å²) in [7, 11) is 0. The van der Waals surface area contributed by atoms with Gasteiger partial charge < -0.3 is 9.84 Å². The van der Waals surface area contributed by atoms with E-state index >= 15 is 0 Å². The summed E-state index contributed by atoms with van der Waals surface area (Å²) in [6.45, 7) is 3.30. The molecule has 1 aliphatic heterocycles. The monoisotopic (exact) mass is 537 g/mol. The molecule has 0 amide bonds. The largest absolute Gasteiger partial charge is 0.482 e. The molecule has 1 unspecified atom stereocenters. The topological polar surface area (TPSA) is 95.1 Å². The minimum Gasteiger partial charge on any atom is -0.482 e. The van der Waals surface area contributed by atoms with Gasteiger partial charge >= 0.3 is 0 Å². The maximum Gasteiger partial charge on any atom is 0.277 e. The van der Waals surface area contributed by atoms with Gasteiger partial charge in [-0.3, -0.25) is 14.3 Å². The summed E-state index contributed by atoms with van der Waals surface area (Å²) in [5.74, 6) is -0.0113. The number of aryl methyl sites for hydroxylation is 3. The van der Waals surface area contributed by atoms with Crippen molar-refractivity contribution in [1.29, 1.82) is 0 Å². The molecule has 1 N–H and O–H groups in total. The molecule has 196 valence electrons. The summed E-state index contributed by atoms with van der Waals surface area (Å²) < 4.78 is 39.7. The van der Waals surface area contributed by atoms with E-state index in [-0.39, 0.29) is 22.8 Å². The highest BCUT2D eigenvalue weighted by Gasteiger charge is 2.29. The molecule has 38 heavy (non-hydrogen) atoms. The number of pyridine rings is 3. The minimum atomic E-state index is -1.83. The van der Waals surface area contributed by atoms with Crippen LogP contribution in [0, 0.1) is 5.82 Å². The number of hydrogen-bond acceptors (Lipinski definition) is 6. The molecule has 1 atom stereocenters. The molecule has 1 aliphatic carbocycles. The van der Waals surface area contributed by atoms with E-state index in [2.05, 4.69) is 15.1 Å². The molecule has 0 spiro atoms. The third kappa shape index (κ3) is 4.39. The van der Waals surface area contributed by atoms with Crippen LogP contribution < -0.4 is 10.3 Å². The Morgan fingerprint density at radius 2 is 2.00 bits per heavy atom. The van der Waals surface area contributed by atoms with E-state index in [1.165, 1.54) is 0 Å². The van der Waals surface area contributed by atoms with Crippen molar-refractivity contribution < 1.29 is 17.0 Å². The smallest absolute Gasteiger partial charge is 0.277 e. The van der Waals surface area contributed by atoms with E-state index in [4.69, 9.17) is 19.1 Å². The fourth-order valence-electron chi connectivity index (χ4n) is 4.93. The third-order valence-electron chi connectivity index (χ3n) is 6.90. The van der Waals surface area contributed by atoms with Crippen LogP contribution in [0.2, 0.25) is 5.02 Å². The van der Waals surface area contributed by atoms with Crippen molar-refractivity contribution in [2.24, 2.45) is 0 Å². The quantitative estimate of drug-likeness (QED) is 0.402. The first-order chi connectivity index (χ1) is 18.9. The van der Waals surface area contributed by atoms with Gasteiger partial charge in [-0.15, -0.1) is 0 Å². The molecule has 4 aromatic heterocycles. The zero-order chi connectivity index (χ0) is 28.4. The Morgan fingerprint density at radius 1 is 1.18 bits per heavy atom. The van der Waals surface area contributed by atoms with Gasteiger partial charge in [0.2, 0.25) is 0 Å². The van der Waals surface area contributed by atoms with E-state index in [1.54, 1.807) is 53.7 Å². The van der Waals surface area contributed by atoms with Crippen LogP contribution >= 0.6 is 11.6 Å². The van der Waals surface area contributed by atoms with Gasteiger partial charge in [-0.1, -0.05) is 11.6 Å². The van der Waals surface area contributed by atoms with Gasteiger partial charge in [0.25, 0.3) is 5.56 Å². The number of rotatable bonds is 4. The predicted molar refractivity (Wildman–Crippen MR) is 140 cm³/mol. The molecule has 0 saturated heterocycles. The lowest BCUT2D eigenvalue weighted by atomic mass is 10.0. The second-order valence-corrected chi connectivity index (χ2v) is 10.5. The van der Waals surface area contributed by atoms with E-state index in [0.29, 0.717) is 35.0 Å². The summed E-state index contributed by atoms with van der Waals surface area (Å²) in [6, 6.07) is 6.35. The van der Waals surface area contributed by atoms with Crippen molar-refractivity contribution >= 4 is 11.6 Å². The van der Waals surface area contributed by atoms with Crippen molar-refractivity contribution in [3.8, 4) is 17.3 Å². The van der Waals surface area contributed by atoms with E-state index < -0.39 is 29.5 Å². The molecule has 5 heterocycles. The molecule has 4 aromatic rings. The highest BCUT2D eigenvalue weighted by atomic mass is 35.5. The maximum absolute atomic E-state index is 13.8. The van der Waals surface area contributed by atoms with Gasteiger partial charge in [-0.25, -0.2) is 14.1 Å². The first-order valence-electron chi connectivity index (χ1n) is 13.5. The van der Waals surface area contributed by atoms with Crippen LogP contribution in [0.25, 0.3) is 11.5 Å². The van der Waals surface area contributed by atoms with Gasteiger partial charge in [-0.05, 0) is 75.6 Å². The second kappa shape index (κ2) is 9.32. The fourth-order valence-corrected chi connectivity index (χ4v) is 5.12. The summed E-state index contributed by atoms with van der Waals surface area (Å²) in [4.78, 5) is 22.4. The van der Waals surface area contributed by atoms with Gasteiger partial charge in [0.05, 0.1) is 23.3 Å². The summed E-state index contributed by atoms with van der Waals surface area (Å²) in [5, 5.41) is 14.6. The standard InChI is InChI=1S/C28H27ClFN5O3/c1-28(2,37)23-9-10-34(33-23)24-13-20-17(14-31-24)5-3-4-6-19-12-22(25(29)27(36)35(19)20)38-21-8-7-16-11-18(30)15-32-26(16)21/h9-15,21,37H,3-8H2,1-2H3/i7D2. The maximum atomic E-state index is 13.8. The van der Waals surface area contributed by atoms with Crippen molar-refractivity contribution in [3.05, 3.63) is 92.3 Å². The van der Waals surface area contributed by atoms with Crippen molar-refractivity contribution in [2.75, 3.05) is 0 Å². The van der Waals surface area contributed by atoms with E-state index in [0.717, 1.165) is 37.1 Å². The normalized spacial score (nSPS) is 18.9. The lowest BCUT2D eigenvalue weighted by Gasteiger charge is -2.23. The van der Waals surface area contributed by atoms with Crippen molar-refractivity contribution in [3.63, 3.8) is 0 Å². The van der Waals surface area contributed by atoms with Crippen LogP contribution in [0.4, 0.5) is 4.39 Å². The highest BCUT2D eigenvalue weighted by Crippen LogP contribution is 2.37. The summed E-state index contributed by atoms with van der Waals surface area (Å²) >= 11 is 6.61. The van der Waals surface area contributed by atoms with E-state index in [9.17, 15) is 14.3 Å². The molecule has 8 nitrogen and oxygen atoms in total. The van der Waals surface area contributed by atoms with E-state index in [1.807, 2.05) is 0 Å². The van der Waals surface area contributed by atoms with Gasteiger partial charge in [0.15, 0.2) is 5.82 Å². The van der Waals surface area contributed by atoms with Crippen molar-refractivity contribution in [1.82, 2.24) is 24.3 Å². The molecule has 0 bridgehead atoms. The van der Waals surface area contributed by atoms with Crippen LogP contribution in [0.1, 0.15) is 70.2 Å². The van der Waals surface area contributed by atoms with Crippen LogP contribution in [0.15, 0.2) is 47.7 Å². The molecule has 0 radical (unpaired) electrons. The zero-order valence-corrected chi connectivity index (χ0v) is 21.7. The van der Waals surface area contributed by atoms with Crippen molar-refractivity contribution in [2.45, 2.75) is 64.0 Å². The molecule has 10 heteroatoms. The van der Waals surface area contributed by atoms with Crippen LogP contribution in [-0.2, 0) is 24.8 Å². The summed E-state index contributed by atoms with van der Waals surface area (Å²) in [5.41, 5.74) is 1.53. The lowest BCUT2D eigenvalue weighted by molar-refractivity contribution is 0.0734. The number of aromatic nitrogens is 5. The molecular weight excluding hydrogens is 509 g/mol. The van der Waals surface area contributed by atoms with Crippen LogP contribution in [0.5, 0.6) is 5.75 Å². The minimum absolute atomic E-state index is 0.0814. The Hall–Kier alpha value is -3.56. The van der Waals surface area contributed by atoms with Gasteiger partial charge in [-0.2, -0.15) is 5.10 Å². The van der Waals surface area contributed by atoms with Crippen LogP contribution in [-0.4, -0.2) is 29.4 Å². The molecular formula is C28H27ClFN5O3. The SMILES string of the molecule is [2H]C1([2H])CC(Oc2cc3n(c(=O)c2Cl)-c2cc(-n4ccc(C(C)(C)O)n4)ncc2CCCC3)c2ncc(F)cc21. The third-order valence-corrected chi connectivity index (χ3v) is 7.25. The fraction of sp³-hybridized carbons (Fsp3) is 0.357. The average molecular weight is 538 g/mol. The number of ether oxygens (including phenoxy) is 1. The molecule has 0 fully saturated rings. The predicted octanol–water partition coefficient (Wildman–Crippen LogP) is 4.78. The number of fused-ring (bicyclic) bond motifs is 4. The molecule has 6 rings (SSSR count). The van der Waals surface area contributed by atoms with Gasteiger partial charge in [0, 0.05) is 33.0 Å². The Kier molecular flexibility index (Phi) is 5.50. The number of aliphatic hydroxyl groups is 1. The molecule has 2 aliphatic rings. The highest BCUT2D eigenvalue weighted by molar-refractivity contribution is 6.31. The Morgan fingerprint density at radius 3 is 2.79 bits per heavy atom. The summed E-state index contributed by atoms with van der Waals surface area (Å²) in [6.07, 6.45) is 4.76. The Bertz CT molecular complexity index is 1700. The number of nitrogens with zero attached hydrogens (tertiary/aromatic N) is 5. The van der Waals surface area contributed by atoms with Crippen LogP contribution in [0.3, 0.4) is 0 Å². The average Bonchev–Trinajstić information content (AvgIpc) is 3.47. The lowest BCUT2D eigenvalue weighted by Crippen LogP contribution is -2.26. The number of hydrogen-bond donors (Lipinski definition) is 1. The molecule has 0 aromatic carbocycles.